The number of fused-ring (bicyclic) bond motifs is 2. The van der Waals surface area contributed by atoms with Crippen molar-refractivity contribution in [1.82, 2.24) is 0 Å². The predicted octanol–water partition coefficient (Wildman–Crippen LogP) is 3.37. The van der Waals surface area contributed by atoms with E-state index in [1.807, 2.05) is 24.3 Å². The third-order valence-electron chi connectivity index (χ3n) is 3.32. The summed E-state index contributed by atoms with van der Waals surface area (Å²) >= 11 is 0. The van der Waals surface area contributed by atoms with Gasteiger partial charge in [-0.2, -0.15) is 0 Å². The molecule has 2 aromatic carbocycles. The highest BCUT2D eigenvalue weighted by atomic mass is 35.5. The van der Waals surface area contributed by atoms with Gasteiger partial charge >= 0.3 is 0 Å². The Morgan fingerprint density at radius 3 is 1.68 bits per heavy atom. The lowest BCUT2D eigenvalue weighted by molar-refractivity contribution is 1.06. The number of nitrogen functional groups attached to an aromatic ring is 2. The van der Waals surface area contributed by atoms with Crippen LogP contribution in [-0.4, -0.2) is 7.05 Å². The van der Waals surface area contributed by atoms with Crippen LogP contribution in [0.4, 0.5) is 22.7 Å². The zero-order valence-electron chi connectivity index (χ0n) is 10.6. The number of benzene rings is 2. The van der Waals surface area contributed by atoms with Crippen molar-refractivity contribution in [3.8, 4) is 0 Å². The fourth-order valence-electron chi connectivity index (χ4n) is 2.42. The van der Waals surface area contributed by atoms with Crippen LogP contribution in [0, 0.1) is 0 Å². The first-order valence-corrected chi connectivity index (χ1v) is 5.65. The molecule has 1 aliphatic heterocycles. The van der Waals surface area contributed by atoms with Gasteiger partial charge in [0.25, 0.3) is 0 Å². The summed E-state index contributed by atoms with van der Waals surface area (Å²) in [6.45, 7) is 0. The molecule has 0 atom stereocenters. The van der Waals surface area contributed by atoms with E-state index in [1.165, 1.54) is 22.5 Å². The largest absolute Gasteiger partial charge is 0.399 e. The zero-order valence-corrected chi connectivity index (χ0v) is 12.2. The smallest absolute Gasteiger partial charge is 0.0464 e. The highest BCUT2D eigenvalue weighted by molar-refractivity contribution is 5.85. The van der Waals surface area contributed by atoms with E-state index in [9.17, 15) is 0 Å². The summed E-state index contributed by atoms with van der Waals surface area (Å²) in [7, 11) is 2.05. The maximum Gasteiger partial charge on any atom is 0.0464 e. The lowest BCUT2D eigenvalue weighted by Crippen LogP contribution is -2.18. The van der Waals surface area contributed by atoms with Gasteiger partial charge in [0.1, 0.15) is 0 Å². The molecule has 3 nitrogen and oxygen atoms in total. The molecule has 0 saturated carbocycles. The van der Waals surface area contributed by atoms with Crippen molar-refractivity contribution in [3.63, 3.8) is 0 Å². The Morgan fingerprint density at radius 2 is 1.26 bits per heavy atom. The van der Waals surface area contributed by atoms with Gasteiger partial charge in [-0.1, -0.05) is 12.1 Å². The molecule has 2 aromatic rings. The molecule has 0 saturated heterocycles. The molecule has 19 heavy (non-hydrogen) atoms. The normalized spacial score (nSPS) is 11.7. The fourth-order valence-corrected chi connectivity index (χ4v) is 2.42. The van der Waals surface area contributed by atoms with E-state index >= 15 is 0 Å². The molecule has 5 heteroatoms. The molecule has 0 unspecified atom stereocenters. The summed E-state index contributed by atoms with van der Waals surface area (Å²) in [5.41, 5.74) is 18.2. The average Bonchev–Trinajstić information content (AvgIpc) is 2.32. The fraction of sp³-hybridized carbons (Fsp3) is 0.143. The highest BCUT2D eigenvalue weighted by Crippen LogP contribution is 2.39. The standard InChI is InChI=1S/C14H15N3.2ClH/c1-17-13-7-11(15)4-2-9(13)6-10-3-5-12(16)8-14(10)17;;/h2-5,7-8H,6,15-16H2,1H3;2*1H. The van der Waals surface area contributed by atoms with Crippen LogP contribution in [0.25, 0.3) is 0 Å². The zero-order chi connectivity index (χ0) is 12.0. The highest BCUT2D eigenvalue weighted by Gasteiger charge is 2.19. The molecule has 0 amide bonds. The van der Waals surface area contributed by atoms with Crippen LogP contribution in [0.5, 0.6) is 0 Å². The van der Waals surface area contributed by atoms with Gasteiger partial charge in [-0.05, 0) is 35.4 Å². The van der Waals surface area contributed by atoms with E-state index in [0.29, 0.717) is 0 Å². The molecule has 4 N–H and O–H groups in total. The maximum absolute atomic E-state index is 5.84. The van der Waals surface area contributed by atoms with Crippen molar-refractivity contribution in [2.24, 2.45) is 0 Å². The number of hydrogen-bond donors (Lipinski definition) is 2. The van der Waals surface area contributed by atoms with Crippen molar-refractivity contribution < 1.29 is 0 Å². The van der Waals surface area contributed by atoms with Crippen molar-refractivity contribution in [3.05, 3.63) is 47.5 Å². The van der Waals surface area contributed by atoms with Gasteiger partial charge in [0.15, 0.2) is 0 Å². The van der Waals surface area contributed by atoms with Gasteiger partial charge in [-0.3, -0.25) is 0 Å². The first-order valence-electron chi connectivity index (χ1n) is 5.65. The predicted molar refractivity (Wildman–Crippen MR) is 87.1 cm³/mol. The summed E-state index contributed by atoms with van der Waals surface area (Å²) < 4.78 is 0. The van der Waals surface area contributed by atoms with Gasteiger partial charge in [-0.15, -0.1) is 24.8 Å². The Kier molecular flexibility index (Phi) is 4.56. The summed E-state index contributed by atoms with van der Waals surface area (Å²) in [4.78, 5) is 2.15. The first-order chi connectivity index (χ1) is 8.15. The molecule has 0 spiro atoms. The molecule has 0 bridgehead atoms. The second-order valence-electron chi connectivity index (χ2n) is 4.51. The second kappa shape index (κ2) is 5.59. The molecular formula is C14H17Cl2N3. The maximum atomic E-state index is 5.84. The topological polar surface area (TPSA) is 55.3 Å². The average molecular weight is 298 g/mol. The van der Waals surface area contributed by atoms with Gasteiger partial charge in [0.05, 0.1) is 0 Å². The molecule has 0 aromatic heterocycles. The van der Waals surface area contributed by atoms with Crippen LogP contribution >= 0.6 is 24.8 Å². The van der Waals surface area contributed by atoms with Crippen molar-refractivity contribution >= 4 is 47.6 Å². The van der Waals surface area contributed by atoms with Crippen LogP contribution in [-0.2, 0) is 6.42 Å². The van der Waals surface area contributed by atoms with Crippen LogP contribution < -0.4 is 16.4 Å². The number of anilines is 4. The summed E-state index contributed by atoms with van der Waals surface area (Å²) in [5, 5.41) is 0. The summed E-state index contributed by atoms with van der Waals surface area (Å²) in [6.07, 6.45) is 0.940. The quantitative estimate of drug-likeness (QED) is 0.733. The van der Waals surface area contributed by atoms with Crippen LogP contribution in [0.1, 0.15) is 11.1 Å². The Labute approximate surface area is 125 Å². The minimum Gasteiger partial charge on any atom is -0.399 e. The number of halogens is 2. The Bertz CT molecular complexity index is 548. The van der Waals surface area contributed by atoms with Crippen molar-refractivity contribution in [2.75, 3.05) is 23.4 Å². The third-order valence-corrected chi connectivity index (χ3v) is 3.32. The number of rotatable bonds is 0. The van der Waals surface area contributed by atoms with Crippen LogP contribution in [0.3, 0.4) is 0 Å². The molecule has 1 heterocycles. The van der Waals surface area contributed by atoms with E-state index in [0.717, 1.165) is 17.8 Å². The molecular weight excluding hydrogens is 281 g/mol. The number of nitrogens with zero attached hydrogens (tertiary/aromatic N) is 1. The lowest BCUT2D eigenvalue weighted by Gasteiger charge is -2.30. The monoisotopic (exact) mass is 297 g/mol. The van der Waals surface area contributed by atoms with E-state index < -0.39 is 0 Å². The lowest BCUT2D eigenvalue weighted by atomic mass is 9.95. The summed E-state index contributed by atoms with van der Waals surface area (Å²) in [5.74, 6) is 0. The first kappa shape index (κ1) is 15.5. The van der Waals surface area contributed by atoms with Gasteiger partial charge in [0.2, 0.25) is 0 Å². The van der Waals surface area contributed by atoms with Gasteiger partial charge in [-0.25, -0.2) is 0 Å². The summed E-state index contributed by atoms with van der Waals surface area (Å²) in [6, 6.07) is 12.1. The SMILES string of the molecule is CN1c2cc(N)ccc2Cc2ccc(N)cc21.Cl.Cl. The Balaban J connectivity index is 0.000000902. The van der Waals surface area contributed by atoms with Crippen LogP contribution in [0.2, 0.25) is 0 Å². The second-order valence-corrected chi connectivity index (χ2v) is 4.51. The van der Waals surface area contributed by atoms with Crippen molar-refractivity contribution in [1.29, 1.82) is 0 Å². The molecule has 0 radical (unpaired) electrons. The van der Waals surface area contributed by atoms with E-state index in [-0.39, 0.29) is 24.8 Å². The van der Waals surface area contributed by atoms with Gasteiger partial charge in [0, 0.05) is 36.2 Å². The van der Waals surface area contributed by atoms with Gasteiger partial charge < -0.3 is 16.4 Å². The minimum atomic E-state index is 0. The molecule has 1 aliphatic rings. The van der Waals surface area contributed by atoms with E-state index in [2.05, 4.69) is 24.1 Å². The Morgan fingerprint density at radius 1 is 0.842 bits per heavy atom. The number of hydrogen-bond acceptors (Lipinski definition) is 3. The van der Waals surface area contributed by atoms with E-state index in [4.69, 9.17) is 11.5 Å². The Hall–Kier alpha value is -1.58. The minimum absolute atomic E-state index is 0. The van der Waals surface area contributed by atoms with Crippen LogP contribution in [0.15, 0.2) is 36.4 Å². The number of nitrogens with two attached hydrogens (primary N) is 2. The molecule has 3 rings (SSSR count). The van der Waals surface area contributed by atoms with E-state index in [1.54, 1.807) is 0 Å². The van der Waals surface area contributed by atoms with Crippen molar-refractivity contribution in [2.45, 2.75) is 6.42 Å². The molecule has 0 aliphatic carbocycles. The third kappa shape index (κ3) is 2.57. The molecule has 0 fully saturated rings. The molecule has 102 valence electrons.